The molecular weight excluding hydrogens is 240 g/mol. The summed E-state index contributed by atoms with van der Waals surface area (Å²) in [7, 11) is 0. The van der Waals surface area contributed by atoms with Crippen molar-refractivity contribution in [2.45, 2.75) is 37.8 Å². The number of pyridine rings is 1. The second-order valence-electron chi connectivity index (χ2n) is 5.42. The molecule has 0 radical (unpaired) electrons. The van der Waals surface area contributed by atoms with Crippen molar-refractivity contribution < 1.29 is 4.79 Å². The normalized spacial score (nSPS) is 22.4. The lowest BCUT2D eigenvalue weighted by molar-refractivity contribution is 0.100. The average molecular weight is 260 g/mol. The van der Waals surface area contributed by atoms with Crippen molar-refractivity contribution in [1.29, 1.82) is 0 Å². The number of hydrogen-bond donors (Lipinski definition) is 2. The van der Waals surface area contributed by atoms with Gasteiger partial charge in [-0.05, 0) is 44.4 Å². The summed E-state index contributed by atoms with van der Waals surface area (Å²) >= 11 is 0. The minimum Gasteiger partial charge on any atom is -0.365 e. The SMILES string of the molecule is NC(=O)c1cccnc1N(CC1CCCN1)C1CC1. The van der Waals surface area contributed by atoms with Crippen LogP contribution in [0.1, 0.15) is 36.0 Å². The number of nitrogens with one attached hydrogen (secondary N) is 1. The Morgan fingerprint density at radius 3 is 2.95 bits per heavy atom. The summed E-state index contributed by atoms with van der Waals surface area (Å²) in [5.41, 5.74) is 5.99. The van der Waals surface area contributed by atoms with Gasteiger partial charge in [0.25, 0.3) is 5.91 Å². The third kappa shape index (κ3) is 2.71. The maximum Gasteiger partial charge on any atom is 0.252 e. The summed E-state index contributed by atoms with van der Waals surface area (Å²) in [6.07, 6.45) is 6.53. The monoisotopic (exact) mass is 260 g/mol. The highest BCUT2D eigenvalue weighted by Gasteiger charge is 2.33. The number of hydrogen-bond acceptors (Lipinski definition) is 4. The van der Waals surface area contributed by atoms with Crippen LogP contribution in [0.15, 0.2) is 18.3 Å². The molecule has 2 heterocycles. The van der Waals surface area contributed by atoms with Crippen LogP contribution in [-0.4, -0.2) is 36.1 Å². The Hall–Kier alpha value is -1.62. The first kappa shape index (κ1) is 12.4. The summed E-state index contributed by atoms with van der Waals surface area (Å²) in [5.74, 6) is 0.360. The van der Waals surface area contributed by atoms with E-state index < -0.39 is 5.91 Å². The largest absolute Gasteiger partial charge is 0.365 e. The van der Waals surface area contributed by atoms with Gasteiger partial charge in [-0.2, -0.15) is 0 Å². The first-order chi connectivity index (χ1) is 9.25. The van der Waals surface area contributed by atoms with Crippen LogP contribution in [0.5, 0.6) is 0 Å². The summed E-state index contributed by atoms with van der Waals surface area (Å²) < 4.78 is 0. The highest BCUT2D eigenvalue weighted by atomic mass is 16.1. The molecule has 3 rings (SSSR count). The van der Waals surface area contributed by atoms with E-state index in [9.17, 15) is 4.79 Å². The number of rotatable bonds is 5. The standard InChI is InChI=1S/C14H20N4O/c15-13(19)12-4-2-8-17-14(12)18(11-5-6-11)9-10-3-1-7-16-10/h2,4,8,10-11,16H,1,3,5-7,9H2,(H2,15,19). The van der Waals surface area contributed by atoms with Crippen LogP contribution in [0.2, 0.25) is 0 Å². The predicted molar refractivity (Wildman–Crippen MR) is 74.1 cm³/mol. The highest BCUT2D eigenvalue weighted by molar-refractivity contribution is 5.97. The van der Waals surface area contributed by atoms with Crippen LogP contribution in [-0.2, 0) is 0 Å². The molecule has 0 bridgehead atoms. The van der Waals surface area contributed by atoms with Crippen LogP contribution in [0.25, 0.3) is 0 Å². The lowest BCUT2D eigenvalue weighted by atomic mass is 10.2. The lowest BCUT2D eigenvalue weighted by Gasteiger charge is -2.28. The topological polar surface area (TPSA) is 71.2 Å². The molecule has 102 valence electrons. The summed E-state index contributed by atoms with van der Waals surface area (Å²) in [5, 5.41) is 3.50. The molecule has 5 heteroatoms. The van der Waals surface area contributed by atoms with Crippen molar-refractivity contribution in [2.75, 3.05) is 18.0 Å². The molecule has 2 fully saturated rings. The number of amides is 1. The van der Waals surface area contributed by atoms with E-state index in [2.05, 4.69) is 15.2 Å². The van der Waals surface area contributed by atoms with Gasteiger partial charge >= 0.3 is 0 Å². The Kier molecular flexibility index (Phi) is 3.38. The van der Waals surface area contributed by atoms with E-state index >= 15 is 0 Å². The zero-order valence-corrected chi connectivity index (χ0v) is 11.0. The van der Waals surface area contributed by atoms with Gasteiger partial charge in [0.15, 0.2) is 0 Å². The van der Waals surface area contributed by atoms with Crippen molar-refractivity contribution in [3.05, 3.63) is 23.9 Å². The fraction of sp³-hybridized carbons (Fsp3) is 0.571. The van der Waals surface area contributed by atoms with Gasteiger partial charge in [-0.1, -0.05) is 0 Å². The van der Waals surface area contributed by atoms with Gasteiger partial charge < -0.3 is 16.0 Å². The van der Waals surface area contributed by atoms with Gasteiger partial charge in [-0.3, -0.25) is 4.79 Å². The molecule has 0 spiro atoms. The van der Waals surface area contributed by atoms with Crippen molar-refractivity contribution in [3.63, 3.8) is 0 Å². The van der Waals surface area contributed by atoms with Gasteiger partial charge in [-0.25, -0.2) is 4.98 Å². The molecule has 2 aliphatic rings. The molecule has 1 unspecified atom stereocenters. The first-order valence-corrected chi connectivity index (χ1v) is 7.00. The third-order valence-corrected chi connectivity index (χ3v) is 3.89. The number of carbonyl (C=O) groups is 1. The zero-order chi connectivity index (χ0) is 13.2. The number of nitrogens with zero attached hydrogens (tertiary/aromatic N) is 2. The number of aromatic nitrogens is 1. The molecule has 19 heavy (non-hydrogen) atoms. The lowest BCUT2D eigenvalue weighted by Crippen LogP contribution is -2.40. The minimum absolute atomic E-state index is 0.395. The van der Waals surface area contributed by atoms with Gasteiger partial charge in [0.05, 0.1) is 5.56 Å². The Morgan fingerprint density at radius 2 is 2.32 bits per heavy atom. The van der Waals surface area contributed by atoms with Gasteiger partial charge in [0.2, 0.25) is 0 Å². The van der Waals surface area contributed by atoms with Gasteiger partial charge in [0, 0.05) is 24.8 Å². The molecule has 5 nitrogen and oxygen atoms in total. The number of anilines is 1. The van der Waals surface area contributed by atoms with Crippen LogP contribution in [0.3, 0.4) is 0 Å². The van der Waals surface area contributed by atoms with E-state index in [-0.39, 0.29) is 0 Å². The molecule has 1 aliphatic carbocycles. The maximum absolute atomic E-state index is 11.5. The highest BCUT2D eigenvalue weighted by Crippen LogP contribution is 2.32. The summed E-state index contributed by atoms with van der Waals surface area (Å²) in [4.78, 5) is 18.2. The number of carbonyl (C=O) groups excluding carboxylic acids is 1. The predicted octanol–water partition coefficient (Wildman–Crippen LogP) is 0.901. The van der Waals surface area contributed by atoms with Crippen LogP contribution in [0, 0.1) is 0 Å². The van der Waals surface area contributed by atoms with Crippen LogP contribution < -0.4 is 16.0 Å². The Labute approximate surface area is 113 Å². The molecule has 3 N–H and O–H groups in total. The molecule has 1 saturated heterocycles. The van der Waals surface area contributed by atoms with Crippen molar-refractivity contribution in [2.24, 2.45) is 5.73 Å². The fourth-order valence-electron chi connectivity index (χ4n) is 2.76. The van der Waals surface area contributed by atoms with E-state index in [1.54, 1.807) is 18.3 Å². The summed E-state index contributed by atoms with van der Waals surface area (Å²) in [6.45, 7) is 2.01. The van der Waals surface area contributed by atoms with Crippen LogP contribution in [0.4, 0.5) is 5.82 Å². The molecule has 1 aliphatic heterocycles. The van der Waals surface area contributed by atoms with E-state index in [1.807, 2.05) is 0 Å². The zero-order valence-electron chi connectivity index (χ0n) is 11.0. The Morgan fingerprint density at radius 1 is 1.47 bits per heavy atom. The maximum atomic E-state index is 11.5. The molecule has 1 atom stereocenters. The second-order valence-corrected chi connectivity index (χ2v) is 5.42. The van der Waals surface area contributed by atoms with Crippen molar-refractivity contribution >= 4 is 11.7 Å². The molecule has 1 saturated carbocycles. The van der Waals surface area contributed by atoms with E-state index in [1.165, 1.54) is 25.7 Å². The minimum atomic E-state index is -0.395. The first-order valence-electron chi connectivity index (χ1n) is 7.00. The van der Waals surface area contributed by atoms with E-state index in [0.29, 0.717) is 17.6 Å². The van der Waals surface area contributed by atoms with E-state index in [0.717, 1.165) is 18.9 Å². The van der Waals surface area contributed by atoms with Gasteiger partial charge in [0.1, 0.15) is 5.82 Å². The van der Waals surface area contributed by atoms with Gasteiger partial charge in [-0.15, -0.1) is 0 Å². The molecule has 1 aromatic heterocycles. The average Bonchev–Trinajstić information content (AvgIpc) is 3.13. The van der Waals surface area contributed by atoms with E-state index in [4.69, 9.17) is 5.73 Å². The molecule has 1 aromatic rings. The molecular formula is C14H20N4O. The van der Waals surface area contributed by atoms with Crippen molar-refractivity contribution in [1.82, 2.24) is 10.3 Å². The van der Waals surface area contributed by atoms with Crippen LogP contribution >= 0.6 is 0 Å². The Bertz CT molecular complexity index is 466. The Balaban J connectivity index is 1.84. The molecule has 1 amide bonds. The van der Waals surface area contributed by atoms with Crippen molar-refractivity contribution in [3.8, 4) is 0 Å². The quantitative estimate of drug-likeness (QED) is 0.825. The number of primary amides is 1. The summed E-state index contributed by atoms with van der Waals surface area (Å²) in [6, 6.07) is 4.56. The molecule has 0 aromatic carbocycles. The fourth-order valence-corrected chi connectivity index (χ4v) is 2.76. The third-order valence-electron chi connectivity index (χ3n) is 3.89. The smallest absolute Gasteiger partial charge is 0.252 e. The number of nitrogens with two attached hydrogens (primary N) is 1. The second kappa shape index (κ2) is 5.17.